The summed E-state index contributed by atoms with van der Waals surface area (Å²) in [6.45, 7) is 4.45. The summed E-state index contributed by atoms with van der Waals surface area (Å²) in [5, 5.41) is 0. The molecule has 1 saturated carbocycles. The van der Waals surface area contributed by atoms with E-state index in [1.54, 1.807) is 25.2 Å². The second kappa shape index (κ2) is 6.07. The van der Waals surface area contributed by atoms with E-state index in [1.165, 1.54) is 4.31 Å². The Hall–Kier alpha value is -0.910. The number of hydrogen-bond acceptors (Lipinski definition) is 3. The van der Waals surface area contributed by atoms with Gasteiger partial charge >= 0.3 is 0 Å². The summed E-state index contributed by atoms with van der Waals surface area (Å²) in [4.78, 5) is 0.357. The van der Waals surface area contributed by atoms with Crippen LogP contribution in [0.15, 0.2) is 29.2 Å². The van der Waals surface area contributed by atoms with Crippen LogP contribution in [0.5, 0.6) is 0 Å². The summed E-state index contributed by atoms with van der Waals surface area (Å²) in [5.74, 6) is 0.512. The minimum absolute atomic E-state index is 0.357. The maximum atomic E-state index is 12.9. The molecule has 2 atom stereocenters. The third-order valence-corrected chi connectivity index (χ3v) is 6.72. The number of sulfonamides is 1. The highest BCUT2D eigenvalue weighted by Crippen LogP contribution is 2.38. The highest BCUT2D eigenvalue weighted by molar-refractivity contribution is 7.89. The minimum Gasteiger partial charge on any atom is -0.329 e. The van der Waals surface area contributed by atoms with E-state index >= 15 is 0 Å². The van der Waals surface area contributed by atoms with Crippen LogP contribution in [-0.4, -0.2) is 31.9 Å². The van der Waals surface area contributed by atoms with Crippen molar-refractivity contribution in [3.63, 3.8) is 0 Å². The van der Waals surface area contributed by atoms with Crippen molar-refractivity contribution in [1.29, 1.82) is 0 Å². The van der Waals surface area contributed by atoms with Crippen LogP contribution in [0.3, 0.4) is 0 Å². The van der Waals surface area contributed by atoms with Crippen LogP contribution in [0, 0.1) is 12.8 Å². The van der Waals surface area contributed by atoms with Gasteiger partial charge in [0.2, 0.25) is 10.0 Å². The van der Waals surface area contributed by atoms with Gasteiger partial charge in [-0.25, -0.2) is 8.42 Å². The van der Waals surface area contributed by atoms with Gasteiger partial charge < -0.3 is 5.73 Å². The van der Waals surface area contributed by atoms with Crippen LogP contribution in [0.2, 0.25) is 0 Å². The average molecular weight is 310 g/mol. The molecule has 1 aliphatic rings. The zero-order valence-corrected chi connectivity index (χ0v) is 14.0. The summed E-state index contributed by atoms with van der Waals surface area (Å²) in [6, 6.07) is 7.08. The number of rotatable bonds is 4. The first-order valence-corrected chi connectivity index (χ1v) is 9.02. The Morgan fingerprint density at radius 1 is 1.43 bits per heavy atom. The van der Waals surface area contributed by atoms with Gasteiger partial charge in [-0.05, 0) is 43.4 Å². The minimum atomic E-state index is -3.50. The van der Waals surface area contributed by atoms with Gasteiger partial charge in [0.05, 0.1) is 4.90 Å². The Balaban J connectivity index is 2.38. The Morgan fingerprint density at radius 2 is 2.14 bits per heavy atom. The quantitative estimate of drug-likeness (QED) is 0.929. The van der Waals surface area contributed by atoms with E-state index in [1.807, 2.05) is 13.0 Å². The van der Waals surface area contributed by atoms with Gasteiger partial charge in [0.15, 0.2) is 0 Å². The fourth-order valence-corrected chi connectivity index (χ4v) is 5.07. The molecule has 21 heavy (non-hydrogen) atoms. The molecule has 0 aromatic heterocycles. The normalized spacial score (nSPS) is 27.0. The first-order valence-electron chi connectivity index (χ1n) is 7.57. The average Bonchev–Trinajstić information content (AvgIpc) is 2.46. The van der Waals surface area contributed by atoms with Crippen LogP contribution in [0.25, 0.3) is 0 Å². The van der Waals surface area contributed by atoms with Crippen molar-refractivity contribution in [2.24, 2.45) is 11.7 Å². The molecule has 0 spiro atoms. The van der Waals surface area contributed by atoms with E-state index in [-0.39, 0.29) is 0 Å². The maximum Gasteiger partial charge on any atom is 0.243 e. The summed E-state index contributed by atoms with van der Waals surface area (Å²) >= 11 is 0. The molecule has 5 heteroatoms. The van der Waals surface area contributed by atoms with Crippen molar-refractivity contribution in [1.82, 2.24) is 4.31 Å². The molecule has 1 aromatic carbocycles. The molecule has 118 valence electrons. The first kappa shape index (κ1) is 16.5. The van der Waals surface area contributed by atoms with Gasteiger partial charge in [0.25, 0.3) is 0 Å². The Morgan fingerprint density at radius 3 is 2.71 bits per heavy atom. The predicted octanol–water partition coefficient (Wildman–Crippen LogP) is 2.52. The molecule has 0 heterocycles. The lowest BCUT2D eigenvalue weighted by Crippen LogP contribution is -2.56. The summed E-state index contributed by atoms with van der Waals surface area (Å²) in [7, 11) is -1.82. The van der Waals surface area contributed by atoms with Crippen molar-refractivity contribution in [3.05, 3.63) is 29.8 Å². The fraction of sp³-hybridized carbons (Fsp3) is 0.625. The number of hydrogen-bond donors (Lipinski definition) is 1. The molecule has 0 amide bonds. The third-order valence-electron chi connectivity index (χ3n) is 4.76. The molecular weight excluding hydrogens is 284 g/mol. The summed E-state index contributed by atoms with van der Waals surface area (Å²) in [6.07, 6.45) is 3.87. The first-order chi connectivity index (χ1) is 9.82. The van der Waals surface area contributed by atoms with Crippen molar-refractivity contribution in [3.8, 4) is 0 Å². The number of nitrogens with zero attached hydrogens (tertiary/aromatic N) is 1. The molecule has 0 aliphatic heterocycles. The third kappa shape index (κ3) is 3.15. The van der Waals surface area contributed by atoms with Crippen molar-refractivity contribution >= 4 is 10.0 Å². The van der Waals surface area contributed by atoms with Gasteiger partial charge in [-0.2, -0.15) is 4.31 Å². The highest BCUT2D eigenvalue weighted by atomic mass is 32.2. The molecule has 1 fully saturated rings. The number of aryl methyl sites for hydroxylation is 1. The maximum absolute atomic E-state index is 12.9. The van der Waals surface area contributed by atoms with Gasteiger partial charge in [-0.15, -0.1) is 0 Å². The second-order valence-corrected chi connectivity index (χ2v) is 8.39. The van der Waals surface area contributed by atoms with Crippen molar-refractivity contribution < 1.29 is 8.42 Å². The molecule has 0 saturated heterocycles. The Bertz CT molecular complexity index is 600. The van der Waals surface area contributed by atoms with Gasteiger partial charge in [0, 0.05) is 19.1 Å². The van der Waals surface area contributed by atoms with E-state index in [4.69, 9.17) is 5.73 Å². The van der Waals surface area contributed by atoms with E-state index in [0.717, 1.165) is 31.2 Å². The lowest BCUT2D eigenvalue weighted by molar-refractivity contribution is 0.128. The van der Waals surface area contributed by atoms with Crippen LogP contribution in [0.1, 0.15) is 38.2 Å². The summed E-state index contributed by atoms with van der Waals surface area (Å²) < 4.78 is 27.4. The van der Waals surface area contributed by atoms with E-state index in [0.29, 0.717) is 17.4 Å². The topological polar surface area (TPSA) is 63.4 Å². The van der Waals surface area contributed by atoms with Gasteiger partial charge in [-0.1, -0.05) is 31.9 Å². The Labute approximate surface area is 128 Å². The second-order valence-electron chi connectivity index (χ2n) is 6.42. The van der Waals surface area contributed by atoms with E-state index < -0.39 is 15.6 Å². The van der Waals surface area contributed by atoms with Crippen LogP contribution < -0.4 is 5.73 Å². The summed E-state index contributed by atoms with van der Waals surface area (Å²) in [5.41, 5.74) is 6.50. The molecule has 1 aliphatic carbocycles. The van der Waals surface area contributed by atoms with Crippen molar-refractivity contribution in [2.45, 2.75) is 50.0 Å². The SMILES string of the molecule is Cc1cccc(S(=O)(=O)N(C)C2(CN)CCCC(C)C2)c1. The smallest absolute Gasteiger partial charge is 0.243 e. The number of likely N-dealkylation sites (N-methyl/N-ethyl adjacent to an activating group) is 1. The molecule has 0 bridgehead atoms. The lowest BCUT2D eigenvalue weighted by Gasteiger charge is -2.45. The molecule has 0 radical (unpaired) electrons. The molecule has 4 nitrogen and oxygen atoms in total. The largest absolute Gasteiger partial charge is 0.329 e. The standard InChI is InChI=1S/C16H26N2O2S/c1-13-6-4-8-15(10-13)21(19,20)18(3)16(12-17)9-5-7-14(2)11-16/h4,6,8,10,14H,5,7,9,11-12,17H2,1-3H3. The lowest BCUT2D eigenvalue weighted by atomic mass is 9.76. The van der Waals surface area contributed by atoms with Crippen LogP contribution in [0.4, 0.5) is 0 Å². The molecule has 1 aromatic rings. The van der Waals surface area contributed by atoms with Gasteiger partial charge in [0.1, 0.15) is 0 Å². The molecule has 2 N–H and O–H groups in total. The zero-order valence-electron chi connectivity index (χ0n) is 13.2. The highest BCUT2D eigenvalue weighted by Gasteiger charge is 2.43. The fourth-order valence-electron chi connectivity index (χ4n) is 3.42. The number of nitrogens with two attached hydrogens (primary N) is 1. The zero-order chi connectivity index (χ0) is 15.7. The predicted molar refractivity (Wildman–Crippen MR) is 85.5 cm³/mol. The molecular formula is C16H26N2O2S. The Kier molecular flexibility index (Phi) is 4.76. The van der Waals surface area contributed by atoms with Crippen LogP contribution in [-0.2, 0) is 10.0 Å². The molecule has 2 rings (SSSR count). The monoisotopic (exact) mass is 310 g/mol. The van der Waals surface area contributed by atoms with E-state index in [2.05, 4.69) is 6.92 Å². The van der Waals surface area contributed by atoms with E-state index in [9.17, 15) is 8.42 Å². The van der Waals surface area contributed by atoms with Crippen LogP contribution >= 0.6 is 0 Å². The molecule has 2 unspecified atom stereocenters. The number of benzene rings is 1. The van der Waals surface area contributed by atoms with Crippen molar-refractivity contribution in [2.75, 3.05) is 13.6 Å². The van der Waals surface area contributed by atoms with Gasteiger partial charge in [-0.3, -0.25) is 0 Å².